The Morgan fingerprint density at radius 3 is 2.95 bits per heavy atom. The molecule has 0 atom stereocenters. The maximum atomic E-state index is 12.5. The smallest absolute Gasteiger partial charge is 0.266 e. The standard InChI is InChI=1S/C14H14N4OS/c15-5-2-7-18(10-11-3-1-6-17-9-11)14(19)13-12(16)4-8-20-13/h1,3-4,6,8-9H,2,7,10,16H2. The fourth-order valence-corrected chi connectivity index (χ4v) is 2.57. The van der Waals surface area contributed by atoms with Crippen LogP contribution in [0.5, 0.6) is 0 Å². The highest BCUT2D eigenvalue weighted by Gasteiger charge is 2.19. The van der Waals surface area contributed by atoms with Gasteiger partial charge >= 0.3 is 0 Å². The molecule has 5 nitrogen and oxygen atoms in total. The van der Waals surface area contributed by atoms with Crippen molar-refractivity contribution in [3.8, 4) is 6.07 Å². The van der Waals surface area contributed by atoms with E-state index in [2.05, 4.69) is 11.1 Å². The molecule has 2 N–H and O–H groups in total. The third-order valence-corrected chi connectivity index (χ3v) is 3.69. The van der Waals surface area contributed by atoms with Crippen molar-refractivity contribution in [1.29, 1.82) is 5.26 Å². The summed E-state index contributed by atoms with van der Waals surface area (Å²) in [6, 6.07) is 7.50. The average Bonchev–Trinajstić information content (AvgIpc) is 2.90. The fourth-order valence-electron chi connectivity index (χ4n) is 1.79. The van der Waals surface area contributed by atoms with Crippen LogP contribution in [0.15, 0.2) is 36.0 Å². The first-order chi connectivity index (χ1) is 9.72. The number of anilines is 1. The molecule has 6 heteroatoms. The normalized spacial score (nSPS) is 9.95. The summed E-state index contributed by atoms with van der Waals surface area (Å²) >= 11 is 1.32. The zero-order chi connectivity index (χ0) is 14.4. The van der Waals surface area contributed by atoms with Gasteiger partial charge in [0.1, 0.15) is 4.88 Å². The van der Waals surface area contributed by atoms with Crippen molar-refractivity contribution in [3.63, 3.8) is 0 Å². The number of nitrogen functional groups attached to an aromatic ring is 1. The Labute approximate surface area is 121 Å². The topological polar surface area (TPSA) is 83.0 Å². The first kappa shape index (κ1) is 14.0. The number of carbonyl (C=O) groups excluding carboxylic acids is 1. The Morgan fingerprint density at radius 2 is 2.35 bits per heavy atom. The molecule has 0 spiro atoms. The number of pyridine rings is 1. The summed E-state index contributed by atoms with van der Waals surface area (Å²) in [6.07, 6.45) is 3.68. The van der Waals surface area contributed by atoms with Gasteiger partial charge < -0.3 is 10.6 Å². The SMILES string of the molecule is N#CCCN(Cc1cccnc1)C(=O)c1sccc1N. The third-order valence-electron chi connectivity index (χ3n) is 2.77. The number of nitrogens with two attached hydrogens (primary N) is 1. The lowest BCUT2D eigenvalue weighted by Crippen LogP contribution is -2.31. The van der Waals surface area contributed by atoms with Crippen molar-refractivity contribution in [2.24, 2.45) is 0 Å². The molecule has 0 bridgehead atoms. The molecule has 0 saturated heterocycles. The summed E-state index contributed by atoms with van der Waals surface area (Å²) in [5.41, 5.74) is 7.19. The van der Waals surface area contributed by atoms with Gasteiger partial charge in [-0.15, -0.1) is 11.3 Å². The summed E-state index contributed by atoms with van der Waals surface area (Å²) in [7, 11) is 0. The van der Waals surface area contributed by atoms with Gasteiger partial charge in [0.2, 0.25) is 0 Å². The van der Waals surface area contributed by atoms with Gasteiger partial charge in [-0.25, -0.2) is 0 Å². The Bertz CT molecular complexity index is 618. The molecular weight excluding hydrogens is 272 g/mol. The molecule has 0 aliphatic heterocycles. The third kappa shape index (κ3) is 3.33. The van der Waals surface area contributed by atoms with E-state index in [4.69, 9.17) is 11.0 Å². The molecule has 0 saturated carbocycles. The Hall–Kier alpha value is -2.39. The highest BCUT2D eigenvalue weighted by molar-refractivity contribution is 7.12. The van der Waals surface area contributed by atoms with Crippen LogP contribution in [-0.2, 0) is 6.54 Å². The van der Waals surface area contributed by atoms with E-state index in [0.29, 0.717) is 23.7 Å². The van der Waals surface area contributed by atoms with Gasteiger partial charge in [-0.3, -0.25) is 9.78 Å². The van der Waals surface area contributed by atoms with Crippen molar-refractivity contribution in [3.05, 3.63) is 46.4 Å². The van der Waals surface area contributed by atoms with E-state index in [-0.39, 0.29) is 12.3 Å². The molecule has 2 aromatic heterocycles. The van der Waals surface area contributed by atoms with E-state index >= 15 is 0 Å². The van der Waals surface area contributed by atoms with Crippen LogP contribution >= 0.6 is 11.3 Å². The first-order valence-corrected chi connectivity index (χ1v) is 6.98. The minimum absolute atomic E-state index is 0.142. The van der Waals surface area contributed by atoms with Crippen LogP contribution in [0, 0.1) is 11.3 Å². The minimum Gasteiger partial charge on any atom is -0.397 e. The fraction of sp³-hybridized carbons (Fsp3) is 0.214. The Kier molecular flexibility index (Phi) is 4.69. The van der Waals surface area contributed by atoms with Crippen LogP contribution in [0.4, 0.5) is 5.69 Å². The largest absolute Gasteiger partial charge is 0.397 e. The lowest BCUT2D eigenvalue weighted by Gasteiger charge is -2.21. The molecule has 2 aromatic rings. The van der Waals surface area contributed by atoms with E-state index in [1.165, 1.54) is 11.3 Å². The van der Waals surface area contributed by atoms with Gasteiger partial charge in [-0.1, -0.05) is 6.07 Å². The van der Waals surface area contributed by atoms with Crippen molar-refractivity contribution < 1.29 is 4.79 Å². The number of nitrogens with zero attached hydrogens (tertiary/aromatic N) is 3. The van der Waals surface area contributed by atoms with E-state index in [1.54, 1.807) is 28.7 Å². The van der Waals surface area contributed by atoms with Crippen LogP contribution in [0.3, 0.4) is 0 Å². The Morgan fingerprint density at radius 1 is 1.50 bits per heavy atom. The molecule has 0 aliphatic carbocycles. The van der Waals surface area contributed by atoms with Gasteiger partial charge in [0.15, 0.2) is 0 Å². The van der Waals surface area contributed by atoms with Crippen LogP contribution in [0.2, 0.25) is 0 Å². The summed E-state index contributed by atoms with van der Waals surface area (Å²) < 4.78 is 0. The van der Waals surface area contributed by atoms with Crippen LogP contribution < -0.4 is 5.73 Å². The van der Waals surface area contributed by atoms with Crippen LogP contribution in [0.25, 0.3) is 0 Å². The van der Waals surface area contributed by atoms with Crippen LogP contribution in [0.1, 0.15) is 21.7 Å². The lowest BCUT2D eigenvalue weighted by atomic mass is 10.2. The molecule has 0 fully saturated rings. The van der Waals surface area contributed by atoms with E-state index < -0.39 is 0 Å². The number of thiophene rings is 1. The predicted octanol–water partition coefficient (Wildman–Crippen LogP) is 2.28. The van der Waals surface area contributed by atoms with E-state index in [9.17, 15) is 4.79 Å². The summed E-state index contributed by atoms with van der Waals surface area (Å²) in [5, 5.41) is 10.5. The second-order valence-electron chi connectivity index (χ2n) is 4.20. The number of hydrogen-bond acceptors (Lipinski definition) is 5. The molecule has 2 rings (SSSR count). The molecular formula is C14H14N4OS. The molecule has 0 aromatic carbocycles. The molecule has 102 valence electrons. The average molecular weight is 286 g/mol. The number of nitriles is 1. The molecule has 0 radical (unpaired) electrons. The zero-order valence-electron chi connectivity index (χ0n) is 10.8. The van der Waals surface area contributed by atoms with Crippen LogP contribution in [-0.4, -0.2) is 22.3 Å². The van der Waals surface area contributed by atoms with Crippen molar-refractivity contribution >= 4 is 22.9 Å². The zero-order valence-corrected chi connectivity index (χ0v) is 11.6. The molecule has 1 amide bonds. The van der Waals surface area contributed by atoms with E-state index in [1.807, 2.05) is 12.1 Å². The number of amides is 1. The van der Waals surface area contributed by atoms with Gasteiger partial charge in [0, 0.05) is 25.5 Å². The molecule has 0 unspecified atom stereocenters. The number of aromatic nitrogens is 1. The van der Waals surface area contributed by atoms with Crippen molar-refractivity contribution in [1.82, 2.24) is 9.88 Å². The lowest BCUT2D eigenvalue weighted by molar-refractivity contribution is 0.0752. The van der Waals surface area contributed by atoms with Gasteiger partial charge in [-0.05, 0) is 23.1 Å². The second kappa shape index (κ2) is 6.68. The summed E-state index contributed by atoms with van der Waals surface area (Å²) in [5.74, 6) is -0.142. The quantitative estimate of drug-likeness (QED) is 0.914. The number of carbonyl (C=O) groups is 1. The minimum atomic E-state index is -0.142. The number of rotatable bonds is 5. The second-order valence-corrected chi connectivity index (χ2v) is 5.12. The molecule has 20 heavy (non-hydrogen) atoms. The maximum absolute atomic E-state index is 12.5. The van der Waals surface area contributed by atoms with Gasteiger partial charge in [0.05, 0.1) is 18.2 Å². The Balaban J connectivity index is 2.17. The monoisotopic (exact) mass is 286 g/mol. The number of hydrogen-bond donors (Lipinski definition) is 1. The van der Waals surface area contributed by atoms with Gasteiger partial charge in [-0.2, -0.15) is 5.26 Å². The van der Waals surface area contributed by atoms with Gasteiger partial charge in [0.25, 0.3) is 5.91 Å². The summed E-state index contributed by atoms with van der Waals surface area (Å²) in [4.78, 5) is 18.6. The summed E-state index contributed by atoms with van der Waals surface area (Å²) in [6.45, 7) is 0.799. The first-order valence-electron chi connectivity index (χ1n) is 6.10. The van der Waals surface area contributed by atoms with Crippen molar-refractivity contribution in [2.45, 2.75) is 13.0 Å². The predicted molar refractivity (Wildman–Crippen MR) is 77.9 cm³/mol. The highest BCUT2D eigenvalue weighted by atomic mass is 32.1. The highest BCUT2D eigenvalue weighted by Crippen LogP contribution is 2.21. The molecule has 2 heterocycles. The molecule has 0 aliphatic rings. The van der Waals surface area contributed by atoms with E-state index in [0.717, 1.165) is 5.56 Å². The van der Waals surface area contributed by atoms with Crippen molar-refractivity contribution in [2.75, 3.05) is 12.3 Å². The maximum Gasteiger partial charge on any atom is 0.266 e.